The molecule has 0 spiro atoms. The van der Waals surface area contributed by atoms with Crippen LogP contribution in [0.5, 0.6) is 0 Å². The zero-order chi connectivity index (χ0) is 22.4. The van der Waals surface area contributed by atoms with Gasteiger partial charge in [-0.05, 0) is 25.1 Å². The average molecular weight is 441 g/mol. The summed E-state index contributed by atoms with van der Waals surface area (Å²) in [5.74, 6) is -0.347. The van der Waals surface area contributed by atoms with E-state index in [1.54, 1.807) is 30.3 Å². The molecule has 2 heterocycles. The molecule has 0 aliphatic carbocycles. The largest absolute Gasteiger partial charge is 0.332 e. The van der Waals surface area contributed by atoms with E-state index in [0.717, 1.165) is 4.57 Å². The maximum absolute atomic E-state index is 14.6. The van der Waals surface area contributed by atoms with Gasteiger partial charge in [-0.2, -0.15) is 0 Å². The predicted molar refractivity (Wildman–Crippen MR) is 116 cm³/mol. The zero-order valence-corrected chi connectivity index (χ0v) is 17.8. The molecule has 158 valence electrons. The number of nitrogens with zero attached hydrogens (tertiary/aromatic N) is 4. The first-order valence-electron chi connectivity index (χ1n) is 9.41. The third-order valence-corrected chi connectivity index (χ3v) is 5.61. The number of carbonyl (C=O) groups is 1. The Morgan fingerprint density at radius 2 is 1.81 bits per heavy atom. The lowest BCUT2D eigenvalue weighted by molar-refractivity contribution is 0.101. The molecule has 4 aromatic rings. The number of benzene rings is 2. The van der Waals surface area contributed by atoms with E-state index in [-0.39, 0.29) is 34.1 Å². The molecule has 0 aliphatic rings. The molecule has 0 aliphatic heterocycles. The average Bonchev–Trinajstić information content (AvgIpc) is 3.13. The van der Waals surface area contributed by atoms with Gasteiger partial charge in [0, 0.05) is 35.8 Å². The summed E-state index contributed by atoms with van der Waals surface area (Å²) in [6, 6.07) is 11.1. The predicted octanol–water partition coefficient (Wildman–Crippen LogP) is 3.14. The fourth-order valence-electron chi connectivity index (χ4n) is 3.54. The van der Waals surface area contributed by atoms with Crippen LogP contribution in [0.25, 0.3) is 22.6 Å². The molecule has 31 heavy (non-hydrogen) atoms. The van der Waals surface area contributed by atoms with Gasteiger partial charge >= 0.3 is 5.69 Å². The van der Waals surface area contributed by atoms with Gasteiger partial charge in [0.1, 0.15) is 11.6 Å². The van der Waals surface area contributed by atoms with Crippen LogP contribution in [0.1, 0.15) is 22.8 Å². The Bertz CT molecular complexity index is 1460. The third kappa shape index (κ3) is 3.38. The van der Waals surface area contributed by atoms with Gasteiger partial charge in [0.15, 0.2) is 16.9 Å². The molecular formula is C22H18ClFN4O3. The number of aromatic nitrogens is 4. The second-order valence-corrected chi connectivity index (χ2v) is 7.64. The van der Waals surface area contributed by atoms with Crippen LogP contribution in [0.15, 0.2) is 52.1 Å². The zero-order valence-electron chi connectivity index (χ0n) is 17.0. The molecule has 2 aromatic carbocycles. The summed E-state index contributed by atoms with van der Waals surface area (Å²) in [5, 5.41) is 0.201. The van der Waals surface area contributed by atoms with Gasteiger partial charge in [0.2, 0.25) is 0 Å². The summed E-state index contributed by atoms with van der Waals surface area (Å²) in [6.45, 7) is 1.36. The van der Waals surface area contributed by atoms with E-state index in [1.165, 1.54) is 42.3 Å². The number of imidazole rings is 1. The summed E-state index contributed by atoms with van der Waals surface area (Å²) in [4.78, 5) is 41.8. The van der Waals surface area contributed by atoms with Gasteiger partial charge in [-0.15, -0.1) is 0 Å². The van der Waals surface area contributed by atoms with Gasteiger partial charge in [-0.25, -0.2) is 14.2 Å². The molecule has 0 saturated heterocycles. The van der Waals surface area contributed by atoms with Crippen molar-refractivity contribution in [1.29, 1.82) is 0 Å². The second kappa shape index (κ2) is 7.63. The fraction of sp³-hybridized carbons (Fsp3) is 0.182. The first kappa shape index (κ1) is 20.7. The van der Waals surface area contributed by atoms with Gasteiger partial charge in [-0.1, -0.05) is 35.9 Å². The minimum Gasteiger partial charge on any atom is -0.313 e. The fourth-order valence-corrected chi connectivity index (χ4v) is 3.76. The number of hydrogen-bond acceptors (Lipinski definition) is 4. The summed E-state index contributed by atoms with van der Waals surface area (Å²) in [5.41, 5.74) is 0.383. The Labute approximate surface area is 181 Å². The Kier molecular flexibility index (Phi) is 5.10. The SMILES string of the molecule is CC(=O)c1cccc(-c2nc3c(c(=O)n(C)c(=O)n3C)n2Cc2c(F)cccc2Cl)c1. The smallest absolute Gasteiger partial charge is 0.313 e. The summed E-state index contributed by atoms with van der Waals surface area (Å²) in [6.07, 6.45) is 0. The van der Waals surface area contributed by atoms with E-state index < -0.39 is 17.1 Å². The van der Waals surface area contributed by atoms with Crippen molar-refractivity contribution in [2.45, 2.75) is 13.5 Å². The summed E-state index contributed by atoms with van der Waals surface area (Å²) < 4.78 is 18.3. The maximum Gasteiger partial charge on any atom is 0.332 e. The number of Topliss-reactive ketones (excluding diaryl/α,β-unsaturated/α-hetero) is 1. The summed E-state index contributed by atoms with van der Waals surface area (Å²) in [7, 11) is 2.88. The van der Waals surface area contributed by atoms with E-state index in [2.05, 4.69) is 4.98 Å². The van der Waals surface area contributed by atoms with Gasteiger partial charge < -0.3 is 4.57 Å². The second-order valence-electron chi connectivity index (χ2n) is 7.24. The Hall–Kier alpha value is -3.52. The molecule has 7 nitrogen and oxygen atoms in total. The molecular weight excluding hydrogens is 423 g/mol. The normalized spacial score (nSPS) is 11.3. The van der Waals surface area contributed by atoms with E-state index >= 15 is 0 Å². The first-order chi connectivity index (χ1) is 14.7. The van der Waals surface area contributed by atoms with Crippen molar-refractivity contribution < 1.29 is 9.18 Å². The van der Waals surface area contributed by atoms with Crippen molar-refractivity contribution in [2.24, 2.45) is 14.1 Å². The van der Waals surface area contributed by atoms with Crippen molar-refractivity contribution in [3.63, 3.8) is 0 Å². The van der Waals surface area contributed by atoms with Crippen LogP contribution >= 0.6 is 11.6 Å². The molecule has 0 amide bonds. The molecule has 0 unspecified atom stereocenters. The molecule has 0 atom stereocenters. The van der Waals surface area contributed by atoms with Crippen molar-refractivity contribution in [2.75, 3.05) is 0 Å². The van der Waals surface area contributed by atoms with Crippen LogP contribution in [0, 0.1) is 5.82 Å². The number of rotatable bonds is 4. The van der Waals surface area contributed by atoms with E-state index in [1.807, 2.05) is 0 Å². The van der Waals surface area contributed by atoms with Crippen LogP contribution in [0.4, 0.5) is 4.39 Å². The molecule has 0 saturated carbocycles. The first-order valence-corrected chi connectivity index (χ1v) is 9.79. The molecule has 2 aromatic heterocycles. The number of aryl methyl sites for hydroxylation is 1. The van der Waals surface area contributed by atoms with E-state index in [0.29, 0.717) is 17.0 Å². The van der Waals surface area contributed by atoms with Gasteiger partial charge in [0.05, 0.1) is 6.54 Å². The lowest BCUT2D eigenvalue weighted by Gasteiger charge is -2.12. The van der Waals surface area contributed by atoms with Gasteiger partial charge in [0.25, 0.3) is 5.56 Å². The summed E-state index contributed by atoms with van der Waals surface area (Å²) >= 11 is 6.23. The van der Waals surface area contributed by atoms with Gasteiger partial charge in [-0.3, -0.25) is 18.7 Å². The van der Waals surface area contributed by atoms with Crippen LogP contribution in [-0.2, 0) is 20.6 Å². The number of fused-ring (bicyclic) bond motifs is 1. The molecule has 0 bridgehead atoms. The molecule has 0 fully saturated rings. The van der Waals surface area contributed by atoms with Crippen LogP contribution in [0.2, 0.25) is 5.02 Å². The Morgan fingerprint density at radius 3 is 2.48 bits per heavy atom. The quantitative estimate of drug-likeness (QED) is 0.457. The van der Waals surface area contributed by atoms with Crippen molar-refractivity contribution in [1.82, 2.24) is 18.7 Å². The number of halogens is 2. The minimum absolute atomic E-state index is 0.0882. The van der Waals surface area contributed by atoms with Crippen LogP contribution in [-0.4, -0.2) is 24.5 Å². The molecule has 0 radical (unpaired) electrons. The van der Waals surface area contributed by atoms with E-state index in [4.69, 9.17) is 11.6 Å². The minimum atomic E-state index is -0.563. The maximum atomic E-state index is 14.6. The lowest BCUT2D eigenvalue weighted by atomic mass is 10.1. The van der Waals surface area contributed by atoms with Crippen LogP contribution < -0.4 is 11.2 Å². The van der Waals surface area contributed by atoms with E-state index in [9.17, 15) is 18.8 Å². The van der Waals surface area contributed by atoms with Crippen molar-refractivity contribution >= 4 is 28.5 Å². The highest BCUT2D eigenvalue weighted by atomic mass is 35.5. The number of carbonyl (C=O) groups excluding carboxylic acids is 1. The highest BCUT2D eigenvalue weighted by Crippen LogP contribution is 2.27. The standard InChI is InChI=1S/C22H18ClFN4O3/c1-12(29)13-6-4-7-14(10-13)19-25-20-18(21(30)27(3)22(31)26(20)2)28(19)11-15-16(23)8-5-9-17(15)24/h4-10H,11H2,1-3H3. The van der Waals surface area contributed by atoms with Crippen LogP contribution in [0.3, 0.4) is 0 Å². The lowest BCUT2D eigenvalue weighted by Crippen LogP contribution is -2.37. The third-order valence-electron chi connectivity index (χ3n) is 5.25. The topological polar surface area (TPSA) is 78.9 Å². The van der Waals surface area contributed by atoms with Crippen molar-refractivity contribution in [3.05, 3.63) is 85.3 Å². The highest BCUT2D eigenvalue weighted by Gasteiger charge is 2.22. The van der Waals surface area contributed by atoms with Crippen molar-refractivity contribution in [3.8, 4) is 11.4 Å². The molecule has 0 N–H and O–H groups in total. The number of hydrogen-bond donors (Lipinski definition) is 0. The highest BCUT2D eigenvalue weighted by molar-refractivity contribution is 6.31. The number of ketones is 1. The Balaban J connectivity index is 2.10. The monoisotopic (exact) mass is 440 g/mol. The molecule has 9 heteroatoms. The molecule has 4 rings (SSSR count). The Morgan fingerprint density at radius 1 is 1.10 bits per heavy atom.